The van der Waals surface area contributed by atoms with E-state index in [9.17, 15) is 14.4 Å². The fourth-order valence-corrected chi connectivity index (χ4v) is 3.62. The number of amides is 1. The number of ketones is 1. The number of aromatic nitrogens is 2. The summed E-state index contributed by atoms with van der Waals surface area (Å²) in [7, 11) is 0. The second-order valence-corrected chi connectivity index (χ2v) is 7.84. The number of rotatable bonds is 7. The molecule has 134 valence electrons. The van der Waals surface area contributed by atoms with Crippen molar-refractivity contribution in [3.05, 3.63) is 21.5 Å². The third-order valence-electron chi connectivity index (χ3n) is 3.44. The molecule has 0 aliphatic heterocycles. The lowest BCUT2D eigenvalue weighted by molar-refractivity contribution is -0.128. The highest BCUT2D eigenvalue weighted by atomic mass is 35.5. The molecular formula is C14H15ClN4O4S2. The average molecular weight is 403 g/mol. The minimum absolute atomic E-state index is 0. The van der Waals surface area contributed by atoms with Gasteiger partial charge in [-0.05, 0) is 12.8 Å². The van der Waals surface area contributed by atoms with Crippen LogP contribution in [-0.2, 0) is 16.1 Å². The summed E-state index contributed by atoms with van der Waals surface area (Å²) in [6.45, 7) is 0.198. The normalized spacial score (nSPS) is 14.4. The minimum atomic E-state index is -1.09. The van der Waals surface area contributed by atoms with Gasteiger partial charge in [0.15, 0.2) is 11.5 Å². The van der Waals surface area contributed by atoms with Crippen LogP contribution >= 0.6 is 34.3 Å². The Morgan fingerprint density at radius 1 is 1.24 bits per heavy atom. The molecule has 2 aromatic rings. The quantitative estimate of drug-likeness (QED) is 0.476. The van der Waals surface area contributed by atoms with E-state index < -0.39 is 10.8 Å². The molecular weight excluding hydrogens is 388 g/mol. The maximum atomic E-state index is 11.8. The molecule has 0 radical (unpaired) electrons. The Morgan fingerprint density at radius 2 is 1.96 bits per heavy atom. The number of carbonyl (C=O) groups is 3. The number of Topliss-reactive ketones (excluding diaryl/α,β-unsaturated/α-hetero) is 1. The Kier molecular flexibility index (Phi) is 5.88. The molecule has 2 aromatic heterocycles. The number of hydrogen-bond acceptors (Lipinski definition) is 8. The molecule has 0 unspecified atom stereocenters. The van der Waals surface area contributed by atoms with E-state index in [1.54, 1.807) is 5.38 Å². The van der Waals surface area contributed by atoms with Crippen molar-refractivity contribution in [2.75, 3.05) is 0 Å². The Labute approximate surface area is 155 Å². The van der Waals surface area contributed by atoms with Gasteiger partial charge in [-0.25, -0.2) is 14.8 Å². The molecule has 0 atom stereocenters. The Morgan fingerprint density at radius 3 is 2.56 bits per heavy atom. The van der Waals surface area contributed by atoms with Crippen LogP contribution < -0.4 is 11.5 Å². The van der Waals surface area contributed by atoms with Gasteiger partial charge >= 0.3 is 5.97 Å². The lowest BCUT2D eigenvalue weighted by Crippen LogP contribution is -2.28. The first-order chi connectivity index (χ1) is 11.4. The number of hydrogen-bond donors (Lipinski definition) is 3. The van der Waals surface area contributed by atoms with E-state index in [4.69, 9.17) is 16.7 Å². The number of thiazole rings is 2. The molecule has 0 aromatic carbocycles. The third kappa shape index (κ3) is 4.60. The first-order valence-electron chi connectivity index (χ1n) is 7.00. The summed E-state index contributed by atoms with van der Waals surface area (Å²) in [6, 6.07) is 0. The van der Waals surface area contributed by atoms with Gasteiger partial charge in [-0.1, -0.05) is 0 Å². The molecule has 1 saturated carbocycles. The van der Waals surface area contributed by atoms with E-state index in [-0.39, 0.29) is 36.5 Å². The van der Waals surface area contributed by atoms with Gasteiger partial charge < -0.3 is 16.6 Å². The molecule has 11 heteroatoms. The van der Waals surface area contributed by atoms with Crippen LogP contribution in [0, 0.1) is 0 Å². The second kappa shape index (κ2) is 7.56. The van der Waals surface area contributed by atoms with E-state index in [2.05, 4.69) is 15.3 Å². The topological polar surface area (TPSA) is 144 Å². The van der Waals surface area contributed by atoms with Crippen LogP contribution in [-0.4, -0.2) is 37.6 Å². The predicted molar refractivity (Wildman–Crippen MR) is 94.5 cm³/mol. The number of nitrogens with zero attached hydrogens (tertiary/aromatic N) is 2. The summed E-state index contributed by atoms with van der Waals surface area (Å²) in [4.78, 5) is 41.8. The van der Waals surface area contributed by atoms with Crippen molar-refractivity contribution in [3.63, 3.8) is 0 Å². The summed E-state index contributed by atoms with van der Waals surface area (Å²) in [6.07, 6.45) is 1.03. The monoisotopic (exact) mass is 402 g/mol. The van der Waals surface area contributed by atoms with Crippen LogP contribution in [0.5, 0.6) is 0 Å². The Bertz CT molecular complexity index is 815. The number of carboxylic acid groups (broad SMARTS) is 1. The van der Waals surface area contributed by atoms with Crippen molar-refractivity contribution >= 4 is 51.9 Å². The fraction of sp³-hybridized carbons (Fsp3) is 0.357. The van der Waals surface area contributed by atoms with Gasteiger partial charge in [-0.3, -0.25) is 9.59 Å². The van der Waals surface area contributed by atoms with E-state index >= 15 is 0 Å². The zero-order chi connectivity index (χ0) is 17.3. The average Bonchev–Trinajstić information content (AvgIpc) is 2.96. The van der Waals surface area contributed by atoms with Crippen molar-refractivity contribution in [3.8, 4) is 10.7 Å². The van der Waals surface area contributed by atoms with Crippen LogP contribution in [0.25, 0.3) is 10.7 Å². The van der Waals surface area contributed by atoms with Crippen molar-refractivity contribution < 1.29 is 19.5 Å². The fourth-order valence-electron chi connectivity index (χ4n) is 1.91. The van der Waals surface area contributed by atoms with Crippen LogP contribution in [0.2, 0.25) is 0 Å². The van der Waals surface area contributed by atoms with E-state index in [0.29, 0.717) is 28.6 Å². The van der Waals surface area contributed by atoms with Crippen molar-refractivity contribution in [2.24, 2.45) is 0 Å². The molecule has 8 nitrogen and oxygen atoms in total. The van der Waals surface area contributed by atoms with Gasteiger partial charge in [0.25, 0.3) is 0 Å². The zero-order valence-electron chi connectivity index (χ0n) is 13.0. The third-order valence-corrected chi connectivity index (χ3v) is 5.74. The molecule has 1 aliphatic carbocycles. The Hall–Kier alpha value is -1.88. The molecule has 0 spiro atoms. The van der Waals surface area contributed by atoms with Gasteiger partial charge in [-0.2, -0.15) is 0 Å². The van der Waals surface area contributed by atoms with E-state index in [1.165, 1.54) is 28.1 Å². The van der Waals surface area contributed by atoms with Crippen molar-refractivity contribution in [1.82, 2.24) is 21.4 Å². The molecule has 1 amide bonds. The molecule has 0 bridgehead atoms. The number of carboxylic acids is 1. The van der Waals surface area contributed by atoms with Gasteiger partial charge in [-0.15, -0.1) is 34.3 Å². The minimum Gasteiger partial charge on any atom is -0.476 e. The van der Waals surface area contributed by atoms with Crippen LogP contribution in [0.15, 0.2) is 10.8 Å². The number of halogens is 1. The summed E-state index contributed by atoms with van der Waals surface area (Å²) in [5.41, 5.74) is 0.543. The number of carbonyl (C=O) groups excluding carboxylic acids is 2. The summed E-state index contributed by atoms with van der Waals surface area (Å²) in [5.74, 6) is -1.71. The highest BCUT2D eigenvalue weighted by Gasteiger charge is 2.47. The van der Waals surface area contributed by atoms with Crippen LogP contribution in [0.4, 0.5) is 0 Å². The van der Waals surface area contributed by atoms with Gasteiger partial charge in [0.2, 0.25) is 5.91 Å². The maximum Gasteiger partial charge on any atom is 0.355 e. The number of nitrogens with one attached hydrogen (secondary N) is 1. The molecule has 25 heavy (non-hydrogen) atoms. The first-order valence-corrected chi connectivity index (χ1v) is 9.13. The van der Waals surface area contributed by atoms with Gasteiger partial charge in [0.1, 0.15) is 20.6 Å². The van der Waals surface area contributed by atoms with Crippen LogP contribution in [0.3, 0.4) is 0 Å². The molecule has 0 saturated heterocycles. The van der Waals surface area contributed by atoms with Crippen molar-refractivity contribution in [2.45, 2.75) is 30.7 Å². The Balaban J connectivity index is 0.00000225. The molecule has 2 heterocycles. The second-order valence-electron chi connectivity index (χ2n) is 5.31. The molecule has 5 N–H and O–H groups in total. The van der Waals surface area contributed by atoms with Crippen LogP contribution in [0.1, 0.15) is 34.8 Å². The molecule has 1 fully saturated rings. The summed E-state index contributed by atoms with van der Waals surface area (Å²) in [5, 5.41) is 15.9. The molecule has 3 rings (SSSR count). The number of alkyl halides is 1. The largest absolute Gasteiger partial charge is 0.476 e. The van der Waals surface area contributed by atoms with Crippen molar-refractivity contribution in [1.29, 1.82) is 0 Å². The highest BCUT2D eigenvalue weighted by molar-refractivity contribution is 7.14. The SMILES string of the molecule is N.O=C(CC(=O)C1(Cl)CC1)NCc1nc(-c2nc(C(=O)O)cs2)cs1. The van der Waals surface area contributed by atoms with Gasteiger partial charge in [0.05, 0.1) is 13.0 Å². The molecule has 1 aliphatic rings. The number of aromatic carboxylic acids is 1. The van der Waals surface area contributed by atoms with E-state index in [0.717, 1.165) is 0 Å². The smallest absolute Gasteiger partial charge is 0.355 e. The summed E-state index contributed by atoms with van der Waals surface area (Å²) < 4.78 is 0. The van der Waals surface area contributed by atoms with Gasteiger partial charge in [0, 0.05) is 10.8 Å². The first kappa shape index (κ1) is 19.4. The highest BCUT2D eigenvalue weighted by Crippen LogP contribution is 2.43. The standard InChI is InChI=1S/C14H12ClN3O4S2.H3N/c15-14(1-2-14)9(19)3-10(20)16-4-11-17-7(5-23-11)12-18-8(6-24-12)13(21)22;/h5-6H,1-4H2,(H,16,20)(H,21,22);1H3. The van der Waals surface area contributed by atoms with E-state index in [1.807, 2.05) is 0 Å². The summed E-state index contributed by atoms with van der Waals surface area (Å²) >= 11 is 8.48. The lowest BCUT2D eigenvalue weighted by atomic mass is 10.2. The predicted octanol–water partition coefficient (Wildman–Crippen LogP) is 2.47. The maximum absolute atomic E-state index is 11.8. The zero-order valence-corrected chi connectivity index (χ0v) is 15.3. The lowest BCUT2D eigenvalue weighted by Gasteiger charge is -2.05.